The van der Waals surface area contributed by atoms with Crippen molar-refractivity contribution in [1.29, 1.82) is 0 Å². The third-order valence-corrected chi connectivity index (χ3v) is 5.66. The van der Waals surface area contributed by atoms with Crippen molar-refractivity contribution >= 4 is 46.0 Å². The standard InChI is InChI=1S/C19H13F3N2O3S2/c20-19(21,22)11-3-1-4-12(9-11)24-18(27)17(26)23-10-13-6-7-15(29-13)16(25)14-5-2-8-28-14/h1-9H,10H2,(H,23,26)(H,24,27). The van der Waals surface area contributed by atoms with Gasteiger partial charge >= 0.3 is 18.0 Å². The Morgan fingerprint density at radius 3 is 2.41 bits per heavy atom. The van der Waals surface area contributed by atoms with Crippen molar-refractivity contribution in [3.8, 4) is 0 Å². The van der Waals surface area contributed by atoms with Crippen LogP contribution in [0.5, 0.6) is 0 Å². The van der Waals surface area contributed by atoms with Crippen molar-refractivity contribution in [1.82, 2.24) is 5.32 Å². The van der Waals surface area contributed by atoms with Crippen LogP contribution >= 0.6 is 22.7 Å². The first kappa shape index (κ1) is 20.7. The number of alkyl halides is 3. The van der Waals surface area contributed by atoms with Crippen molar-refractivity contribution in [3.63, 3.8) is 0 Å². The van der Waals surface area contributed by atoms with Gasteiger partial charge in [0.05, 0.1) is 21.9 Å². The first-order valence-electron chi connectivity index (χ1n) is 8.17. The highest BCUT2D eigenvalue weighted by Crippen LogP contribution is 2.30. The normalized spacial score (nSPS) is 11.1. The Hall–Kier alpha value is -2.98. The fraction of sp³-hybridized carbons (Fsp3) is 0.105. The second-order valence-corrected chi connectivity index (χ2v) is 7.90. The molecule has 0 fully saturated rings. The lowest BCUT2D eigenvalue weighted by atomic mass is 10.2. The van der Waals surface area contributed by atoms with Gasteiger partial charge in [-0.1, -0.05) is 12.1 Å². The van der Waals surface area contributed by atoms with Gasteiger partial charge in [0, 0.05) is 10.6 Å². The molecule has 5 nitrogen and oxygen atoms in total. The molecule has 0 aliphatic rings. The summed E-state index contributed by atoms with van der Waals surface area (Å²) in [4.78, 5) is 37.9. The largest absolute Gasteiger partial charge is 0.416 e. The van der Waals surface area contributed by atoms with E-state index in [4.69, 9.17) is 0 Å². The number of amides is 2. The van der Waals surface area contributed by atoms with Crippen LogP contribution in [0.3, 0.4) is 0 Å². The van der Waals surface area contributed by atoms with Crippen molar-refractivity contribution in [2.24, 2.45) is 0 Å². The first-order valence-corrected chi connectivity index (χ1v) is 9.87. The van der Waals surface area contributed by atoms with E-state index in [2.05, 4.69) is 10.6 Å². The van der Waals surface area contributed by atoms with Crippen LogP contribution < -0.4 is 10.6 Å². The predicted octanol–water partition coefficient (Wildman–Crippen LogP) is 4.31. The van der Waals surface area contributed by atoms with E-state index in [1.165, 1.54) is 28.7 Å². The quantitative estimate of drug-likeness (QED) is 0.460. The molecule has 0 spiro atoms. The number of nitrogens with one attached hydrogen (secondary N) is 2. The van der Waals surface area contributed by atoms with Crippen LogP contribution in [0.4, 0.5) is 18.9 Å². The summed E-state index contributed by atoms with van der Waals surface area (Å²) < 4.78 is 38.1. The topological polar surface area (TPSA) is 75.3 Å². The number of hydrogen-bond acceptors (Lipinski definition) is 5. The molecular weight excluding hydrogens is 425 g/mol. The SMILES string of the molecule is O=C(NCc1ccc(C(=O)c2cccs2)s1)C(=O)Nc1cccc(C(F)(F)F)c1. The summed E-state index contributed by atoms with van der Waals surface area (Å²) in [5.74, 6) is -2.21. The number of carbonyl (C=O) groups excluding carboxylic acids is 3. The van der Waals surface area contributed by atoms with Crippen LogP contribution in [0, 0.1) is 0 Å². The number of carbonyl (C=O) groups is 3. The highest BCUT2D eigenvalue weighted by atomic mass is 32.1. The van der Waals surface area contributed by atoms with Gasteiger partial charge in [0.15, 0.2) is 0 Å². The summed E-state index contributed by atoms with van der Waals surface area (Å²) in [7, 11) is 0. The summed E-state index contributed by atoms with van der Waals surface area (Å²) in [6.07, 6.45) is -4.56. The zero-order valence-electron chi connectivity index (χ0n) is 14.6. The third kappa shape index (κ3) is 5.30. The van der Waals surface area contributed by atoms with Crippen LogP contribution in [-0.4, -0.2) is 17.6 Å². The molecule has 0 aliphatic heterocycles. The van der Waals surface area contributed by atoms with Gasteiger partial charge in [0.25, 0.3) is 0 Å². The molecule has 3 rings (SSSR count). The molecule has 0 saturated heterocycles. The van der Waals surface area contributed by atoms with Gasteiger partial charge in [-0.15, -0.1) is 22.7 Å². The second-order valence-electron chi connectivity index (χ2n) is 5.79. The molecule has 2 heterocycles. The Kier molecular flexibility index (Phi) is 6.14. The lowest BCUT2D eigenvalue weighted by Crippen LogP contribution is -2.34. The molecule has 3 aromatic rings. The van der Waals surface area contributed by atoms with Crippen molar-refractivity contribution in [2.45, 2.75) is 12.7 Å². The van der Waals surface area contributed by atoms with E-state index in [9.17, 15) is 27.6 Å². The predicted molar refractivity (Wildman–Crippen MR) is 104 cm³/mol. The van der Waals surface area contributed by atoms with Gasteiger partial charge in [-0.25, -0.2) is 0 Å². The van der Waals surface area contributed by atoms with E-state index in [-0.39, 0.29) is 18.0 Å². The summed E-state index contributed by atoms with van der Waals surface area (Å²) in [5, 5.41) is 6.31. The average Bonchev–Trinajstić information content (AvgIpc) is 3.37. The Morgan fingerprint density at radius 2 is 1.72 bits per heavy atom. The highest BCUT2D eigenvalue weighted by Gasteiger charge is 2.30. The van der Waals surface area contributed by atoms with Gasteiger partial charge < -0.3 is 10.6 Å². The van der Waals surface area contributed by atoms with E-state index in [0.29, 0.717) is 14.6 Å². The van der Waals surface area contributed by atoms with Crippen molar-refractivity contribution < 1.29 is 27.6 Å². The molecule has 2 aromatic heterocycles. The molecule has 2 N–H and O–H groups in total. The van der Waals surface area contributed by atoms with Gasteiger partial charge in [-0.3, -0.25) is 14.4 Å². The molecule has 2 amide bonds. The fourth-order valence-corrected chi connectivity index (χ4v) is 3.98. The zero-order valence-corrected chi connectivity index (χ0v) is 16.2. The second kappa shape index (κ2) is 8.58. The smallest absolute Gasteiger partial charge is 0.343 e. The number of anilines is 1. The number of hydrogen-bond donors (Lipinski definition) is 2. The number of ketones is 1. The Bertz CT molecular complexity index is 1040. The monoisotopic (exact) mass is 438 g/mol. The van der Waals surface area contributed by atoms with Crippen molar-refractivity contribution in [2.75, 3.05) is 5.32 Å². The molecular formula is C19H13F3N2O3S2. The minimum absolute atomic E-state index is 0.0111. The van der Waals surface area contributed by atoms with Crippen LogP contribution in [0.15, 0.2) is 53.9 Å². The minimum atomic E-state index is -4.56. The molecule has 0 radical (unpaired) electrons. The maximum absolute atomic E-state index is 12.7. The molecule has 0 bridgehead atoms. The van der Waals surface area contributed by atoms with E-state index < -0.39 is 23.6 Å². The number of rotatable bonds is 5. The Labute approximate surface area is 171 Å². The molecule has 0 aliphatic carbocycles. The number of halogens is 3. The third-order valence-electron chi connectivity index (χ3n) is 3.71. The molecule has 10 heteroatoms. The summed E-state index contributed by atoms with van der Waals surface area (Å²) in [6.45, 7) is 0.0111. The van der Waals surface area contributed by atoms with Gasteiger partial charge in [-0.05, 0) is 41.8 Å². The van der Waals surface area contributed by atoms with E-state index in [1.807, 2.05) is 0 Å². The lowest BCUT2D eigenvalue weighted by molar-refractivity contribution is -0.137. The lowest BCUT2D eigenvalue weighted by Gasteiger charge is -2.09. The van der Waals surface area contributed by atoms with E-state index in [0.717, 1.165) is 18.2 Å². The zero-order chi connectivity index (χ0) is 21.0. The van der Waals surface area contributed by atoms with Gasteiger partial charge in [-0.2, -0.15) is 13.2 Å². The van der Waals surface area contributed by atoms with Crippen LogP contribution in [-0.2, 0) is 22.3 Å². The summed E-state index contributed by atoms with van der Waals surface area (Å²) in [5.41, 5.74) is -1.07. The fourth-order valence-electron chi connectivity index (χ4n) is 2.33. The molecule has 150 valence electrons. The number of thiophene rings is 2. The van der Waals surface area contributed by atoms with Crippen LogP contribution in [0.2, 0.25) is 0 Å². The van der Waals surface area contributed by atoms with Crippen LogP contribution in [0.25, 0.3) is 0 Å². The van der Waals surface area contributed by atoms with Crippen molar-refractivity contribution in [3.05, 3.63) is 74.1 Å². The number of benzene rings is 1. The Morgan fingerprint density at radius 1 is 0.931 bits per heavy atom. The van der Waals surface area contributed by atoms with E-state index in [1.54, 1.807) is 29.6 Å². The highest BCUT2D eigenvalue weighted by molar-refractivity contribution is 7.16. The summed E-state index contributed by atoms with van der Waals surface area (Å²) >= 11 is 2.51. The molecule has 0 atom stereocenters. The maximum Gasteiger partial charge on any atom is 0.416 e. The molecule has 0 saturated carbocycles. The maximum atomic E-state index is 12.7. The molecule has 1 aromatic carbocycles. The van der Waals surface area contributed by atoms with Gasteiger partial charge in [0.2, 0.25) is 5.78 Å². The van der Waals surface area contributed by atoms with Crippen LogP contribution in [0.1, 0.15) is 25.0 Å². The molecule has 29 heavy (non-hydrogen) atoms. The Balaban J connectivity index is 1.56. The van der Waals surface area contributed by atoms with Gasteiger partial charge in [0.1, 0.15) is 0 Å². The summed E-state index contributed by atoms with van der Waals surface area (Å²) in [6, 6.07) is 10.8. The molecule has 0 unspecified atom stereocenters. The van der Waals surface area contributed by atoms with E-state index >= 15 is 0 Å². The average molecular weight is 438 g/mol. The first-order chi connectivity index (χ1) is 13.7. The minimum Gasteiger partial charge on any atom is -0.343 e.